The molecule has 2 N–H and O–H groups in total. The fraction of sp³-hybridized carbons (Fsp3) is 0.429. The second-order valence-electron chi connectivity index (χ2n) is 6.87. The first-order valence-electron chi connectivity index (χ1n) is 9.47. The lowest BCUT2D eigenvalue weighted by atomic mass is 9.83. The molecule has 1 unspecified atom stereocenters. The fourth-order valence-electron chi connectivity index (χ4n) is 3.76. The summed E-state index contributed by atoms with van der Waals surface area (Å²) in [5.41, 5.74) is 8.01. The van der Waals surface area contributed by atoms with Crippen molar-refractivity contribution < 1.29 is 14.3 Å². The van der Waals surface area contributed by atoms with Gasteiger partial charge in [0.25, 0.3) is 0 Å². The zero-order chi connectivity index (χ0) is 20.3. The van der Waals surface area contributed by atoms with E-state index in [0.717, 1.165) is 31.6 Å². The smallest absolute Gasteiger partial charge is 0.338 e. The normalized spacial score (nSPS) is 19.9. The van der Waals surface area contributed by atoms with Crippen LogP contribution in [0.15, 0.2) is 41.0 Å². The van der Waals surface area contributed by atoms with Gasteiger partial charge in [-0.1, -0.05) is 17.7 Å². The summed E-state index contributed by atoms with van der Waals surface area (Å²) in [5, 5.41) is 10.1. The average Bonchev–Trinajstić information content (AvgIpc) is 2.68. The van der Waals surface area contributed by atoms with Crippen LogP contribution in [0.1, 0.15) is 44.6 Å². The van der Waals surface area contributed by atoms with E-state index in [9.17, 15) is 10.1 Å². The first kappa shape index (κ1) is 20.1. The van der Waals surface area contributed by atoms with Crippen LogP contribution < -0.4 is 10.6 Å². The molecule has 0 amide bonds. The molecule has 6 nitrogen and oxygen atoms in total. The van der Waals surface area contributed by atoms with Crippen molar-refractivity contribution in [3.05, 3.63) is 51.6 Å². The number of rotatable bonds is 4. The number of anilines is 1. The molecule has 7 heteroatoms. The minimum absolute atomic E-state index is 0.0192. The minimum Gasteiger partial charge on any atom is -0.463 e. The summed E-state index contributed by atoms with van der Waals surface area (Å²) in [5.74, 6) is -0.965. The van der Waals surface area contributed by atoms with E-state index in [1.54, 1.807) is 13.8 Å². The van der Waals surface area contributed by atoms with Crippen molar-refractivity contribution in [3.63, 3.8) is 0 Å². The van der Waals surface area contributed by atoms with Crippen molar-refractivity contribution in [1.82, 2.24) is 0 Å². The highest BCUT2D eigenvalue weighted by molar-refractivity contribution is 6.31. The molecule has 0 aliphatic carbocycles. The summed E-state index contributed by atoms with van der Waals surface area (Å²) in [6.07, 6.45) is 3.56. The average molecular weight is 402 g/mol. The van der Waals surface area contributed by atoms with Crippen molar-refractivity contribution in [2.24, 2.45) is 5.73 Å². The van der Waals surface area contributed by atoms with Crippen molar-refractivity contribution in [1.29, 1.82) is 5.26 Å². The van der Waals surface area contributed by atoms with Gasteiger partial charge >= 0.3 is 5.97 Å². The maximum absolute atomic E-state index is 12.6. The highest BCUT2D eigenvalue weighted by Gasteiger charge is 2.37. The number of hydrogen-bond acceptors (Lipinski definition) is 6. The lowest BCUT2D eigenvalue weighted by molar-refractivity contribution is -0.139. The van der Waals surface area contributed by atoms with E-state index in [1.165, 1.54) is 6.42 Å². The summed E-state index contributed by atoms with van der Waals surface area (Å²) in [7, 11) is 0. The molecule has 0 radical (unpaired) electrons. The van der Waals surface area contributed by atoms with Gasteiger partial charge in [-0.2, -0.15) is 5.26 Å². The molecule has 3 rings (SSSR count). The third kappa shape index (κ3) is 3.81. The Morgan fingerprint density at radius 3 is 2.71 bits per heavy atom. The Labute approximate surface area is 170 Å². The highest BCUT2D eigenvalue weighted by atomic mass is 35.5. The summed E-state index contributed by atoms with van der Waals surface area (Å²) in [6, 6.07) is 7.80. The van der Waals surface area contributed by atoms with Crippen molar-refractivity contribution in [3.8, 4) is 6.07 Å². The Hall–Kier alpha value is -2.65. The number of piperidine rings is 1. The molecule has 1 fully saturated rings. The van der Waals surface area contributed by atoms with Gasteiger partial charge < -0.3 is 20.1 Å². The van der Waals surface area contributed by atoms with Crippen molar-refractivity contribution >= 4 is 23.3 Å². The molecule has 0 bridgehead atoms. The molecule has 28 heavy (non-hydrogen) atoms. The lowest BCUT2D eigenvalue weighted by Gasteiger charge is -2.30. The molecular formula is C21H24ClN3O3. The zero-order valence-corrected chi connectivity index (χ0v) is 16.9. The Bertz CT molecular complexity index is 879. The molecule has 2 aliphatic heterocycles. The molecule has 2 aliphatic rings. The van der Waals surface area contributed by atoms with E-state index in [0.29, 0.717) is 16.3 Å². The van der Waals surface area contributed by atoms with Gasteiger partial charge in [0, 0.05) is 23.8 Å². The van der Waals surface area contributed by atoms with Gasteiger partial charge in [-0.3, -0.25) is 0 Å². The van der Waals surface area contributed by atoms with Crippen LogP contribution in [0.25, 0.3) is 0 Å². The number of nitrogens with zero attached hydrogens (tertiary/aromatic N) is 2. The standard InChI is InChI=1S/C21H24ClN3O3/c1-3-27-21(26)18-13(2)28-20(24)16(12-23)19(18)15-8-7-14(11-17(15)22)25-9-5-4-6-10-25/h7-8,11,19H,3-6,9-10,24H2,1-2H3. The molecular weight excluding hydrogens is 378 g/mol. The topological polar surface area (TPSA) is 88.6 Å². The number of ether oxygens (including phenoxy) is 2. The van der Waals surface area contributed by atoms with Crippen molar-refractivity contribution in [2.75, 3.05) is 24.6 Å². The number of nitriles is 1. The van der Waals surface area contributed by atoms with Crippen LogP contribution in [-0.4, -0.2) is 25.7 Å². The number of esters is 1. The summed E-state index contributed by atoms with van der Waals surface area (Å²) < 4.78 is 10.6. The van der Waals surface area contributed by atoms with Gasteiger partial charge in [0.05, 0.1) is 18.1 Å². The predicted octanol–water partition coefficient (Wildman–Crippen LogP) is 3.98. The van der Waals surface area contributed by atoms with Crippen LogP contribution in [-0.2, 0) is 14.3 Å². The Morgan fingerprint density at radius 2 is 2.11 bits per heavy atom. The third-order valence-electron chi connectivity index (χ3n) is 5.12. The number of carbonyl (C=O) groups is 1. The first-order chi connectivity index (χ1) is 13.5. The van der Waals surface area contributed by atoms with E-state index in [1.807, 2.05) is 18.2 Å². The maximum Gasteiger partial charge on any atom is 0.338 e. The van der Waals surface area contributed by atoms with Crippen LogP contribution in [0.2, 0.25) is 5.02 Å². The molecule has 148 valence electrons. The summed E-state index contributed by atoms with van der Waals surface area (Å²) >= 11 is 6.63. The van der Waals surface area contributed by atoms with Gasteiger partial charge in [-0.25, -0.2) is 4.79 Å². The third-order valence-corrected chi connectivity index (χ3v) is 5.44. The predicted molar refractivity (Wildman–Crippen MR) is 108 cm³/mol. The monoisotopic (exact) mass is 401 g/mol. The SMILES string of the molecule is CCOC(=O)C1=C(C)OC(N)=C(C#N)C1c1ccc(N2CCCCC2)cc1Cl. The van der Waals surface area contributed by atoms with E-state index >= 15 is 0 Å². The molecule has 1 atom stereocenters. The van der Waals surface area contributed by atoms with Gasteiger partial charge in [-0.15, -0.1) is 0 Å². The summed E-state index contributed by atoms with van der Waals surface area (Å²) in [4.78, 5) is 14.9. The van der Waals surface area contributed by atoms with Crippen LogP contribution >= 0.6 is 11.6 Å². The van der Waals surface area contributed by atoms with Crippen molar-refractivity contribution in [2.45, 2.75) is 39.0 Å². The van der Waals surface area contributed by atoms with Crippen LogP contribution in [0.5, 0.6) is 0 Å². The number of nitrogens with two attached hydrogens (primary N) is 1. The number of hydrogen-bond donors (Lipinski definition) is 1. The van der Waals surface area contributed by atoms with E-state index in [2.05, 4.69) is 11.0 Å². The highest BCUT2D eigenvalue weighted by Crippen LogP contribution is 2.43. The molecule has 1 saturated heterocycles. The molecule has 0 aromatic heterocycles. The largest absolute Gasteiger partial charge is 0.463 e. The van der Waals surface area contributed by atoms with E-state index < -0.39 is 11.9 Å². The zero-order valence-electron chi connectivity index (χ0n) is 16.1. The minimum atomic E-state index is -0.722. The van der Waals surface area contributed by atoms with Gasteiger partial charge in [0.15, 0.2) is 0 Å². The van der Waals surface area contributed by atoms with Gasteiger partial charge in [-0.05, 0) is 50.8 Å². The van der Waals surface area contributed by atoms with Gasteiger partial charge in [0.1, 0.15) is 17.4 Å². The van der Waals surface area contributed by atoms with Crippen LogP contribution in [0.3, 0.4) is 0 Å². The Balaban J connectivity index is 2.05. The molecule has 1 aromatic rings. The van der Waals surface area contributed by atoms with Gasteiger partial charge in [0.2, 0.25) is 5.88 Å². The number of halogens is 1. The van der Waals surface area contributed by atoms with Crippen LogP contribution in [0.4, 0.5) is 5.69 Å². The second-order valence-corrected chi connectivity index (χ2v) is 7.28. The number of benzene rings is 1. The number of carbonyl (C=O) groups excluding carboxylic acids is 1. The summed E-state index contributed by atoms with van der Waals surface area (Å²) in [6.45, 7) is 5.57. The molecule has 2 heterocycles. The Kier molecular flexibility index (Phi) is 6.15. The van der Waals surface area contributed by atoms with Crippen LogP contribution in [0, 0.1) is 11.3 Å². The fourth-order valence-corrected chi connectivity index (χ4v) is 4.05. The Morgan fingerprint density at radius 1 is 1.39 bits per heavy atom. The second kappa shape index (κ2) is 8.57. The molecule has 0 saturated carbocycles. The maximum atomic E-state index is 12.6. The first-order valence-corrected chi connectivity index (χ1v) is 9.85. The van der Waals surface area contributed by atoms with E-state index in [-0.39, 0.29) is 23.6 Å². The quantitative estimate of drug-likeness (QED) is 0.768. The molecule has 0 spiro atoms. The number of allylic oxidation sites excluding steroid dienone is 2. The van der Waals surface area contributed by atoms with E-state index in [4.69, 9.17) is 26.8 Å². The molecule has 1 aromatic carbocycles. The lowest BCUT2D eigenvalue weighted by Crippen LogP contribution is -2.29.